The maximum Gasteiger partial charge on any atom is 0.338 e. The zero-order valence-corrected chi connectivity index (χ0v) is 22.0. The zero-order chi connectivity index (χ0) is 24.9. The molecule has 0 aliphatic heterocycles. The van der Waals surface area contributed by atoms with Crippen molar-refractivity contribution in [2.45, 2.75) is 73.1 Å². The SMILES string of the molecule is CCCCOc1cc2c(cc1N(CC)c1ccc(C(=O)OCC)cc1)C(C(C)C)=CCC2(C)C. The number of rotatable bonds is 10. The fraction of sp³-hybridized carbons (Fsp3) is 0.500. The van der Waals surface area contributed by atoms with Crippen molar-refractivity contribution in [1.29, 1.82) is 0 Å². The van der Waals surface area contributed by atoms with Gasteiger partial charge in [-0.1, -0.05) is 47.1 Å². The Morgan fingerprint density at radius 2 is 1.79 bits per heavy atom. The van der Waals surface area contributed by atoms with Crippen molar-refractivity contribution < 1.29 is 14.3 Å². The summed E-state index contributed by atoms with van der Waals surface area (Å²) in [5, 5.41) is 0. The molecule has 0 atom stereocenters. The Bertz CT molecular complexity index is 1020. The van der Waals surface area contributed by atoms with E-state index >= 15 is 0 Å². The molecule has 0 bridgehead atoms. The van der Waals surface area contributed by atoms with E-state index in [4.69, 9.17) is 9.47 Å². The molecule has 0 N–H and O–H groups in total. The van der Waals surface area contributed by atoms with Crippen LogP contribution in [-0.2, 0) is 10.2 Å². The normalized spacial score (nSPS) is 14.4. The molecule has 3 rings (SSSR count). The summed E-state index contributed by atoms with van der Waals surface area (Å²) in [6, 6.07) is 12.3. The van der Waals surface area contributed by atoms with Gasteiger partial charge in [0.15, 0.2) is 0 Å². The second-order valence-electron chi connectivity index (χ2n) is 9.98. The first-order chi connectivity index (χ1) is 16.2. The summed E-state index contributed by atoms with van der Waals surface area (Å²) in [5.41, 5.74) is 6.83. The van der Waals surface area contributed by atoms with E-state index < -0.39 is 0 Å². The molecule has 184 valence electrons. The van der Waals surface area contributed by atoms with Gasteiger partial charge in [-0.05, 0) is 91.1 Å². The number of benzene rings is 2. The second kappa shape index (κ2) is 11.1. The molecule has 0 unspecified atom stereocenters. The number of carbonyl (C=O) groups is 1. The molecule has 34 heavy (non-hydrogen) atoms. The highest BCUT2D eigenvalue weighted by atomic mass is 16.5. The number of esters is 1. The van der Waals surface area contributed by atoms with Gasteiger partial charge >= 0.3 is 5.97 Å². The van der Waals surface area contributed by atoms with Crippen molar-refractivity contribution >= 4 is 22.9 Å². The molecular formula is C30H41NO3. The Morgan fingerprint density at radius 1 is 1.09 bits per heavy atom. The third-order valence-electron chi connectivity index (χ3n) is 6.65. The van der Waals surface area contributed by atoms with Crippen molar-refractivity contribution in [1.82, 2.24) is 0 Å². The van der Waals surface area contributed by atoms with Gasteiger partial charge < -0.3 is 14.4 Å². The maximum atomic E-state index is 12.1. The van der Waals surface area contributed by atoms with E-state index in [1.54, 1.807) is 0 Å². The van der Waals surface area contributed by atoms with Crippen LogP contribution in [0.1, 0.15) is 89.2 Å². The quantitative estimate of drug-likeness (QED) is 0.265. The molecule has 4 heteroatoms. The average molecular weight is 464 g/mol. The number of ether oxygens (including phenoxy) is 2. The molecular weight excluding hydrogens is 422 g/mol. The van der Waals surface area contributed by atoms with E-state index in [0.29, 0.717) is 24.7 Å². The van der Waals surface area contributed by atoms with Crippen molar-refractivity contribution in [3.8, 4) is 5.75 Å². The molecule has 0 saturated carbocycles. The van der Waals surface area contributed by atoms with Crippen LogP contribution in [0.4, 0.5) is 11.4 Å². The number of unbranched alkanes of at least 4 members (excludes halogenated alkanes) is 1. The second-order valence-corrected chi connectivity index (χ2v) is 9.98. The summed E-state index contributed by atoms with van der Waals surface area (Å²) in [6.45, 7) is 17.2. The van der Waals surface area contributed by atoms with Crippen LogP contribution in [0.3, 0.4) is 0 Å². The molecule has 2 aromatic carbocycles. The van der Waals surface area contributed by atoms with Crippen LogP contribution in [0.15, 0.2) is 42.5 Å². The summed E-state index contributed by atoms with van der Waals surface area (Å²) in [6.07, 6.45) is 5.57. The lowest BCUT2D eigenvalue weighted by molar-refractivity contribution is 0.0526. The predicted octanol–water partition coefficient (Wildman–Crippen LogP) is 7.92. The molecule has 0 spiro atoms. The van der Waals surface area contributed by atoms with Gasteiger partial charge in [0.25, 0.3) is 0 Å². The van der Waals surface area contributed by atoms with Gasteiger partial charge in [-0.25, -0.2) is 4.79 Å². The lowest BCUT2D eigenvalue weighted by atomic mass is 9.71. The summed E-state index contributed by atoms with van der Waals surface area (Å²) < 4.78 is 11.5. The van der Waals surface area contributed by atoms with Gasteiger partial charge in [-0.3, -0.25) is 0 Å². The molecule has 1 aliphatic rings. The number of hydrogen-bond acceptors (Lipinski definition) is 4. The molecule has 0 heterocycles. The van der Waals surface area contributed by atoms with Crippen molar-refractivity contribution in [2.75, 3.05) is 24.7 Å². The Labute approximate surface area is 206 Å². The molecule has 0 amide bonds. The summed E-state index contributed by atoms with van der Waals surface area (Å²) >= 11 is 0. The number of fused-ring (bicyclic) bond motifs is 1. The van der Waals surface area contributed by atoms with E-state index in [9.17, 15) is 4.79 Å². The van der Waals surface area contributed by atoms with E-state index in [0.717, 1.165) is 42.9 Å². The van der Waals surface area contributed by atoms with Crippen LogP contribution in [0.25, 0.3) is 5.57 Å². The summed E-state index contributed by atoms with van der Waals surface area (Å²) in [5.74, 6) is 1.10. The molecule has 0 fully saturated rings. The molecule has 0 saturated heterocycles. The van der Waals surface area contributed by atoms with Gasteiger partial charge in [0.1, 0.15) is 5.75 Å². The van der Waals surface area contributed by atoms with Crippen LogP contribution in [0.2, 0.25) is 0 Å². The highest BCUT2D eigenvalue weighted by Gasteiger charge is 2.31. The van der Waals surface area contributed by atoms with Gasteiger partial charge in [-0.15, -0.1) is 0 Å². The first-order valence-corrected chi connectivity index (χ1v) is 12.8. The first kappa shape index (κ1) is 25.9. The molecule has 1 aliphatic carbocycles. The van der Waals surface area contributed by atoms with E-state index in [1.165, 1.54) is 16.7 Å². The lowest BCUT2D eigenvalue weighted by Gasteiger charge is -2.36. The Balaban J connectivity index is 2.11. The van der Waals surface area contributed by atoms with Crippen LogP contribution in [-0.4, -0.2) is 25.7 Å². The average Bonchev–Trinajstić information content (AvgIpc) is 2.80. The number of allylic oxidation sites excluding steroid dienone is 2. The summed E-state index contributed by atoms with van der Waals surface area (Å²) in [4.78, 5) is 14.4. The summed E-state index contributed by atoms with van der Waals surface area (Å²) in [7, 11) is 0. The molecule has 2 aromatic rings. The maximum absolute atomic E-state index is 12.1. The molecule has 0 radical (unpaired) electrons. The van der Waals surface area contributed by atoms with Crippen molar-refractivity contribution in [2.24, 2.45) is 5.92 Å². The van der Waals surface area contributed by atoms with E-state index in [1.807, 2.05) is 31.2 Å². The minimum absolute atomic E-state index is 0.0629. The fourth-order valence-electron chi connectivity index (χ4n) is 4.64. The van der Waals surface area contributed by atoms with Crippen LogP contribution >= 0.6 is 0 Å². The van der Waals surface area contributed by atoms with Crippen molar-refractivity contribution in [3.63, 3.8) is 0 Å². The van der Waals surface area contributed by atoms with Gasteiger partial charge in [-0.2, -0.15) is 0 Å². The zero-order valence-electron chi connectivity index (χ0n) is 22.0. The highest BCUT2D eigenvalue weighted by molar-refractivity contribution is 5.90. The number of carbonyl (C=O) groups excluding carboxylic acids is 1. The van der Waals surface area contributed by atoms with Gasteiger partial charge in [0, 0.05) is 12.2 Å². The predicted molar refractivity (Wildman–Crippen MR) is 142 cm³/mol. The van der Waals surface area contributed by atoms with Crippen LogP contribution < -0.4 is 9.64 Å². The Morgan fingerprint density at radius 3 is 2.38 bits per heavy atom. The number of hydrogen-bond donors (Lipinski definition) is 0. The minimum atomic E-state index is -0.289. The third-order valence-corrected chi connectivity index (χ3v) is 6.65. The monoisotopic (exact) mass is 463 g/mol. The lowest BCUT2D eigenvalue weighted by Crippen LogP contribution is -2.24. The molecule has 0 aromatic heterocycles. The topological polar surface area (TPSA) is 38.8 Å². The van der Waals surface area contributed by atoms with Gasteiger partial charge in [0.2, 0.25) is 0 Å². The van der Waals surface area contributed by atoms with Gasteiger partial charge in [0.05, 0.1) is 24.5 Å². The van der Waals surface area contributed by atoms with Crippen molar-refractivity contribution in [3.05, 3.63) is 59.2 Å². The Kier molecular flexibility index (Phi) is 8.46. The third kappa shape index (κ3) is 5.48. The van der Waals surface area contributed by atoms with Crippen LogP contribution in [0, 0.1) is 5.92 Å². The standard InChI is InChI=1S/C30H41NO3/c1-8-11-18-34-28-20-26-25(24(21(4)5)16-17-30(26,6)7)19-27(28)31(9-2)23-14-12-22(13-15-23)29(32)33-10-3/h12-16,19-21H,8-11,17-18H2,1-7H3. The fourth-order valence-corrected chi connectivity index (χ4v) is 4.64. The molecule has 4 nitrogen and oxygen atoms in total. The van der Waals surface area contributed by atoms with E-state index in [2.05, 4.69) is 64.7 Å². The minimum Gasteiger partial charge on any atom is -0.491 e. The smallest absolute Gasteiger partial charge is 0.338 e. The number of anilines is 2. The Hall–Kier alpha value is -2.75. The van der Waals surface area contributed by atoms with E-state index in [-0.39, 0.29) is 11.4 Å². The largest absolute Gasteiger partial charge is 0.491 e. The first-order valence-electron chi connectivity index (χ1n) is 12.8. The number of nitrogens with zero attached hydrogens (tertiary/aromatic N) is 1. The van der Waals surface area contributed by atoms with Crippen LogP contribution in [0.5, 0.6) is 5.75 Å². The highest BCUT2D eigenvalue weighted by Crippen LogP contribution is 2.47.